The molecule has 0 bridgehead atoms. The molecule has 2 rings (SSSR count). The van der Waals surface area contributed by atoms with E-state index in [2.05, 4.69) is 10.6 Å². The van der Waals surface area contributed by atoms with Gasteiger partial charge in [0.1, 0.15) is 24.5 Å². The van der Waals surface area contributed by atoms with E-state index in [1.165, 1.54) is 31.2 Å². The van der Waals surface area contributed by atoms with Crippen molar-refractivity contribution in [3.63, 3.8) is 0 Å². The highest BCUT2D eigenvalue weighted by Crippen LogP contribution is 2.08. The van der Waals surface area contributed by atoms with Crippen LogP contribution in [0.3, 0.4) is 0 Å². The zero-order chi connectivity index (χ0) is 22.8. The number of halogens is 1. The minimum atomic E-state index is -1.32. The second kappa shape index (κ2) is 11.4. The number of nitrogens with two attached hydrogens (primary N) is 1. The Morgan fingerprint density at radius 2 is 1.58 bits per heavy atom. The van der Waals surface area contributed by atoms with E-state index in [9.17, 15) is 23.6 Å². The van der Waals surface area contributed by atoms with Crippen LogP contribution >= 0.6 is 0 Å². The lowest BCUT2D eigenvalue weighted by molar-refractivity contribution is -0.147. The van der Waals surface area contributed by atoms with Gasteiger partial charge in [0.05, 0.1) is 6.42 Å². The molecule has 0 aliphatic rings. The molecule has 0 aromatic heterocycles. The summed E-state index contributed by atoms with van der Waals surface area (Å²) < 4.78 is 18.2. The first-order valence-corrected chi connectivity index (χ1v) is 9.55. The molecule has 0 saturated heterocycles. The number of primary amides is 1. The molecule has 0 saturated carbocycles. The van der Waals surface area contributed by atoms with E-state index < -0.39 is 48.0 Å². The zero-order valence-corrected chi connectivity index (χ0v) is 17.0. The second-order valence-corrected chi connectivity index (χ2v) is 6.90. The van der Waals surface area contributed by atoms with Crippen molar-refractivity contribution in [1.29, 1.82) is 0 Å². The van der Waals surface area contributed by atoms with Crippen molar-refractivity contribution in [2.24, 2.45) is 5.73 Å². The lowest BCUT2D eigenvalue weighted by Gasteiger charge is -2.21. The van der Waals surface area contributed by atoms with Gasteiger partial charge in [-0.3, -0.25) is 19.2 Å². The maximum absolute atomic E-state index is 13.1. The number of amides is 3. The van der Waals surface area contributed by atoms with Gasteiger partial charge >= 0.3 is 5.97 Å². The van der Waals surface area contributed by atoms with E-state index in [1.54, 1.807) is 24.3 Å². The highest BCUT2D eigenvalue weighted by molar-refractivity contribution is 5.93. The zero-order valence-electron chi connectivity index (χ0n) is 17.0. The van der Waals surface area contributed by atoms with Crippen molar-refractivity contribution in [1.82, 2.24) is 10.6 Å². The van der Waals surface area contributed by atoms with E-state index in [0.717, 1.165) is 5.56 Å². The molecule has 0 heterocycles. The lowest BCUT2D eigenvalue weighted by Crippen LogP contribution is -2.54. The molecular formula is C22H24FN3O5. The van der Waals surface area contributed by atoms with Gasteiger partial charge in [0, 0.05) is 13.3 Å². The largest absolute Gasteiger partial charge is 0.461 e. The average Bonchev–Trinajstić information content (AvgIpc) is 2.73. The molecule has 0 spiro atoms. The van der Waals surface area contributed by atoms with Gasteiger partial charge in [-0.15, -0.1) is 0 Å². The lowest BCUT2D eigenvalue weighted by atomic mass is 10.0. The average molecular weight is 429 g/mol. The number of carbonyl (C=O) groups is 4. The summed E-state index contributed by atoms with van der Waals surface area (Å²) in [6.07, 6.45) is -0.410. The maximum atomic E-state index is 13.1. The van der Waals surface area contributed by atoms with E-state index in [1.807, 2.05) is 6.07 Å². The summed E-state index contributed by atoms with van der Waals surface area (Å²) in [7, 11) is 0. The molecule has 0 aliphatic carbocycles. The van der Waals surface area contributed by atoms with Crippen molar-refractivity contribution in [2.75, 3.05) is 0 Å². The van der Waals surface area contributed by atoms with Gasteiger partial charge in [-0.05, 0) is 23.3 Å². The molecule has 3 amide bonds. The van der Waals surface area contributed by atoms with Crippen LogP contribution in [0.15, 0.2) is 54.6 Å². The first-order valence-electron chi connectivity index (χ1n) is 9.55. The molecular weight excluding hydrogens is 405 g/mol. The molecule has 0 aliphatic heterocycles. The molecule has 2 aromatic carbocycles. The molecule has 8 nitrogen and oxygen atoms in total. The van der Waals surface area contributed by atoms with Crippen LogP contribution in [0, 0.1) is 5.82 Å². The monoisotopic (exact) mass is 429 g/mol. The number of carbonyl (C=O) groups excluding carboxylic acids is 4. The van der Waals surface area contributed by atoms with Gasteiger partial charge in [0.2, 0.25) is 17.7 Å². The number of nitrogens with one attached hydrogen (secondary N) is 2. The summed E-state index contributed by atoms with van der Waals surface area (Å²) in [5, 5.41) is 4.85. The highest BCUT2D eigenvalue weighted by Gasteiger charge is 2.27. The van der Waals surface area contributed by atoms with Crippen LogP contribution in [0.25, 0.3) is 0 Å². The van der Waals surface area contributed by atoms with E-state index in [4.69, 9.17) is 10.5 Å². The first-order chi connectivity index (χ1) is 14.7. The Morgan fingerprint density at radius 1 is 0.935 bits per heavy atom. The Kier molecular flexibility index (Phi) is 8.68. The predicted octanol–water partition coefficient (Wildman–Crippen LogP) is 0.976. The fourth-order valence-corrected chi connectivity index (χ4v) is 2.77. The van der Waals surface area contributed by atoms with Crippen LogP contribution in [-0.2, 0) is 36.9 Å². The Labute approximate surface area is 179 Å². The van der Waals surface area contributed by atoms with Crippen molar-refractivity contribution < 1.29 is 28.3 Å². The second-order valence-electron chi connectivity index (χ2n) is 6.90. The van der Waals surface area contributed by atoms with Gasteiger partial charge in [-0.25, -0.2) is 4.39 Å². The van der Waals surface area contributed by atoms with Crippen molar-refractivity contribution in [3.8, 4) is 0 Å². The molecule has 9 heteroatoms. The van der Waals surface area contributed by atoms with Crippen molar-refractivity contribution >= 4 is 23.7 Å². The molecule has 31 heavy (non-hydrogen) atoms. The number of esters is 1. The Hall–Kier alpha value is -3.75. The van der Waals surface area contributed by atoms with E-state index >= 15 is 0 Å². The van der Waals surface area contributed by atoms with Gasteiger partial charge < -0.3 is 21.1 Å². The fourth-order valence-electron chi connectivity index (χ4n) is 2.77. The normalized spacial score (nSPS) is 12.3. The minimum absolute atomic E-state index is 0.0121. The van der Waals surface area contributed by atoms with E-state index in [-0.39, 0.29) is 13.0 Å². The Balaban J connectivity index is 1.99. The molecule has 0 fully saturated rings. The number of hydrogen-bond acceptors (Lipinski definition) is 5. The van der Waals surface area contributed by atoms with E-state index in [0.29, 0.717) is 5.56 Å². The summed E-state index contributed by atoms with van der Waals surface area (Å²) in [5.74, 6) is -3.26. The van der Waals surface area contributed by atoms with Gasteiger partial charge in [-0.2, -0.15) is 0 Å². The fraction of sp³-hybridized carbons (Fsp3) is 0.273. The highest BCUT2D eigenvalue weighted by atomic mass is 19.1. The Morgan fingerprint density at radius 3 is 2.16 bits per heavy atom. The number of hydrogen-bond donors (Lipinski definition) is 3. The van der Waals surface area contributed by atoms with Crippen LogP contribution in [0.2, 0.25) is 0 Å². The van der Waals surface area contributed by atoms with Crippen molar-refractivity contribution in [2.45, 2.75) is 38.5 Å². The Bertz CT molecular complexity index is 919. The SMILES string of the molecule is CC(=O)N[C@@H](Cc1ccc(F)cc1)C(=O)N[C@H](CC(=O)OCc1ccccc1)C(N)=O. The van der Waals surface area contributed by atoms with Crippen molar-refractivity contribution in [3.05, 3.63) is 71.5 Å². The smallest absolute Gasteiger partial charge is 0.308 e. The minimum Gasteiger partial charge on any atom is -0.461 e. The summed E-state index contributed by atoms with van der Waals surface area (Å²) in [4.78, 5) is 48.0. The van der Waals surface area contributed by atoms with Crippen LogP contribution in [-0.4, -0.2) is 35.8 Å². The molecule has 4 N–H and O–H groups in total. The van der Waals surface area contributed by atoms with Crippen LogP contribution in [0.5, 0.6) is 0 Å². The molecule has 0 radical (unpaired) electrons. The van der Waals surface area contributed by atoms with Crippen LogP contribution in [0.1, 0.15) is 24.5 Å². The number of benzene rings is 2. The van der Waals surface area contributed by atoms with Gasteiger partial charge in [-0.1, -0.05) is 42.5 Å². The molecule has 2 aromatic rings. The summed E-state index contributed by atoms with van der Waals surface area (Å²) in [6.45, 7) is 1.25. The standard InChI is InChI=1S/C22H24FN3O5/c1-14(27)25-19(11-15-7-9-17(23)10-8-15)22(30)26-18(21(24)29)12-20(28)31-13-16-5-3-2-4-6-16/h2-10,18-19H,11-13H2,1H3,(H2,24,29)(H,25,27)(H,26,30)/t18-,19+/m1/s1. The first kappa shape index (κ1) is 23.5. The third-order valence-electron chi connectivity index (χ3n) is 4.32. The molecule has 0 unspecified atom stereocenters. The van der Waals surface area contributed by atoms with Gasteiger partial charge in [0.15, 0.2) is 0 Å². The summed E-state index contributed by atoms with van der Waals surface area (Å²) in [5.41, 5.74) is 6.68. The summed E-state index contributed by atoms with van der Waals surface area (Å²) >= 11 is 0. The quantitative estimate of drug-likeness (QED) is 0.485. The predicted molar refractivity (Wildman–Crippen MR) is 110 cm³/mol. The molecule has 2 atom stereocenters. The van der Waals surface area contributed by atoms with Crippen LogP contribution < -0.4 is 16.4 Å². The van der Waals surface area contributed by atoms with Crippen LogP contribution in [0.4, 0.5) is 4.39 Å². The molecule has 164 valence electrons. The summed E-state index contributed by atoms with van der Waals surface area (Å²) in [6, 6.07) is 12.0. The topological polar surface area (TPSA) is 128 Å². The van der Waals surface area contributed by atoms with Gasteiger partial charge in [0.25, 0.3) is 0 Å². The third-order valence-corrected chi connectivity index (χ3v) is 4.32. The third kappa shape index (κ3) is 8.25. The number of ether oxygens (including phenoxy) is 1. The maximum Gasteiger partial charge on any atom is 0.308 e. The number of rotatable bonds is 10.